The second-order valence-electron chi connectivity index (χ2n) is 6.32. The van der Waals surface area contributed by atoms with Crippen molar-refractivity contribution in [2.45, 2.75) is 32.4 Å². The third-order valence-corrected chi connectivity index (χ3v) is 2.17. The van der Waals surface area contributed by atoms with E-state index in [1.807, 2.05) is 21.1 Å². The average Bonchev–Trinajstić information content (AvgIpc) is 2.21. The quantitative estimate of drug-likeness (QED) is 0.223. The predicted octanol–water partition coefficient (Wildman–Crippen LogP) is -1.98. The van der Waals surface area contributed by atoms with Crippen molar-refractivity contribution in [2.75, 3.05) is 27.7 Å². The number of nitrogens with zero attached hydrogens (tertiary/aromatic N) is 1. The van der Waals surface area contributed by atoms with Crippen molar-refractivity contribution in [3.8, 4) is 0 Å². The molecule has 7 N–H and O–H groups in total. The van der Waals surface area contributed by atoms with Crippen molar-refractivity contribution in [2.24, 2.45) is 11.7 Å². The molecule has 0 spiro atoms. The molecule has 0 radical (unpaired) electrons. The minimum Gasteiger partial charge on any atom is -0.756 e. The second-order valence-corrected chi connectivity index (χ2v) is 7.30. The van der Waals surface area contributed by atoms with Crippen molar-refractivity contribution >= 4 is 19.8 Å². The number of carbonyl (C=O) groups is 2. The molecule has 0 aromatic carbocycles. The zero-order chi connectivity index (χ0) is 20.3. The Hall–Kier alpha value is -1.07. The molecule has 0 fully saturated rings. The topological polar surface area (TPSA) is 201 Å². The van der Waals surface area contributed by atoms with E-state index in [1.54, 1.807) is 13.8 Å². The minimum absolute atomic E-state index is 0.0208. The molecule has 0 aromatic rings. The van der Waals surface area contributed by atoms with E-state index < -0.39 is 31.9 Å². The number of aliphatic carboxylic acids is 2. The Labute approximate surface area is 141 Å². The van der Waals surface area contributed by atoms with Crippen LogP contribution in [0, 0.1) is 5.92 Å². The molecular formula is C12H29N2O9P. The van der Waals surface area contributed by atoms with Crippen molar-refractivity contribution in [3.05, 3.63) is 0 Å². The van der Waals surface area contributed by atoms with Gasteiger partial charge in [0.1, 0.15) is 18.7 Å². The summed E-state index contributed by atoms with van der Waals surface area (Å²) in [7, 11) is 0.835. The SMILES string of the molecule is CC(C)[C@@H](N)C(=O)O.C[N+](C)(C)C[C@H](O)CC(=O)O.O=P([O-])(O)O. The molecule has 2 atom stereocenters. The summed E-state index contributed by atoms with van der Waals surface area (Å²) >= 11 is 0. The standard InChI is InChI=1S/C7H15NO3.C5H11NO2.H3O4P/c1-8(2,3)5-6(9)4-7(10)11;1-3(2)4(6)5(7)8;1-5(2,3)4/h6,9H,4-5H2,1-3H3;3-4H,6H2,1-2H3,(H,7,8);(H3,1,2,3,4)/t6-;4-;/m11./s1. The fourth-order valence-electron chi connectivity index (χ4n) is 1.18. The Morgan fingerprint density at radius 3 is 1.62 bits per heavy atom. The van der Waals surface area contributed by atoms with Gasteiger partial charge >= 0.3 is 11.9 Å². The van der Waals surface area contributed by atoms with Gasteiger partial charge in [-0.15, -0.1) is 0 Å². The van der Waals surface area contributed by atoms with E-state index in [2.05, 4.69) is 0 Å². The molecule has 0 amide bonds. The van der Waals surface area contributed by atoms with Crippen LogP contribution in [0.25, 0.3) is 0 Å². The number of rotatable bonds is 6. The number of hydrogen-bond acceptors (Lipinski definition) is 6. The number of phosphoric acid groups is 1. The maximum absolute atomic E-state index is 10.1. The third kappa shape index (κ3) is 32.8. The molecule has 146 valence electrons. The molecule has 11 nitrogen and oxygen atoms in total. The molecule has 0 saturated heterocycles. The van der Waals surface area contributed by atoms with Crippen LogP contribution in [0.3, 0.4) is 0 Å². The number of nitrogens with two attached hydrogens (primary N) is 1. The van der Waals surface area contributed by atoms with E-state index in [4.69, 9.17) is 40.3 Å². The van der Waals surface area contributed by atoms with Crippen LogP contribution in [-0.4, -0.2) is 81.4 Å². The summed E-state index contributed by atoms with van der Waals surface area (Å²) in [5.41, 5.74) is 5.16. The molecule has 0 bridgehead atoms. The first kappa shape index (κ1) is 27.8. The summed E-state index contributed by atoms with van der Waals surface area (Å²) in [4.78, 5) is 43.1. The molecule has 0 heterocycles. The largest absolute Gasteiger partial charge is 0.756 e. The van der Waals surface area contributed by atoms with E-state index in [1.165, 1.54) is 0 Å². The van der Waals surface area contributed by atoms with Gasteiger partial charge in [-0.1, -0.05) is 13.8 Å². The molecule has 12 heteroatoms. The van der Waals surface area contributed by atoms with Crippen LogP contribution in [0.4, 0.5) is 0 Å². The molecule has 0 aliphatic rings. The molecule has 0 rings (SSSR count). The summed E-state index contributed by atoms with van der Waals surface area (Å²) in [6.45, 7) is 4.02. The second kappa shape index (κ2) is 12.3. The molecule has 0 unspecified atom stereocenters. The fourth-order valence-corrected chi connectivity index (χ4v) is 1.18. The van der Waals surface area contributed by atoms with Crippen molar-refractivity contribution in [1.82, 2.24) is 0 Å². The fraction of sp³-hybridized carbons (Fsp3) is 0.833. The van der Waals surface area contributed by atoms with Gasteiger partial charge in [-0.25, -0.2) is 0 Å². The number of carboxylic acid groups (broad SMARTS) is 2. The normalized spacial score (nSPS) is 13.8. The highest BCUT2D eigenvalue weighted by Crippen LogP contribution is 2.18. The van der Waals surface area contributed by atoms with Gasteiger partial charge in [0.15, 0.2) is 0 Å². The number of aliphatic hydroxyl groups is 1. The first-order chi connectivity index (χ1) is 10.4. The van der Waals surface area contributed by atoms with E-state index >= 15 is 0 Å². The lowest BCUT2D eigenvalue weighted by Gasteiger charge is -2.25. The highest BCUT2D eigenvalue weighted by molar-refractivity contribution is 7.43. The van der Waals surface area contributed by atoms with Gasteiger partial charge in [-0.3, -0.25) is 14.2 Å². The minimum atomic E-state index is -4.89. The van der Waals surface area contributed by atoms with E-state index in [9.17, 15) is 9.59 Å². The molecule has 0 saturated carbocycles. The maximum Gasteiger partial charge on any atom is 0.320 e. The Morgan fingerprint density at radius 1 is 1.17 bits per heavy atom. The van der Waals surface area contributed by atoms with Gasteiger partial charge in [0.05, 0.1) is 27.6 Å². The van der Waals surface area contributed by atoms with Crippen LogP contribution in [0.15, 0.2) is 0 Å². The number of hydrogen-bond donors (Lipinski definition) is 6. The number of carboxylic acids is 2. The van der Waals surface area contributed by atoms with Crippen LogP contribution in [-0.2, 0) is 14.2 Å². The Bertz CT molecular complexity index is 409. The summed E-state index contributed by atoms with van der Waals surface area (Å²) < 4.78 is 9.35. The van der Waals surface area contributed by atoms with E-state index in [0.29, 0.717) is 11.0 Å². The highest BCUT2D eigenvalue weighted by atomic mass is 31.2. The maximum atomic E-state index is 10.1. The molecule has 0 aliphatic carbocycles. The van der Waals surface area contributed by atoms with Gasteiger partial charge in [0, 0.05) is 0 Å². The zero-order valence-electron chi connectivity index (χ0n) is 14.5. The van der Waals surface area contributed by atoms with E-state index in [0.717, 1.165) is 0 Å². The predicted molar refractivity (Wildman–Crippen MR) is 83.7 cm³/mol. The Kier molecular flexibility index (Phi) is 14.2. The van der Waals surface area contributed by atoms with Crippen LogP contribution >= 0.6 is 7.82 Å². The molecule has 0 aromatic heterocycles. The number of likely N-dealkylation sites (N-methyl/N-ethyl adjacent to an activating group) is 1. The Balaban J connectivity index is -0.000000298. The first-order valence-electron chi connectivity index (χ1n) is 6.82. The highest BCUT2D eigenvalue weighted by Gasteiger charge is 2.17. The van der Waals surface area contributed by atoms with Crippen LogP contribution in [0.2, 0.25) is 0 Å². The Morgan fingerprint density at radius 2 is 1.50 bits per heavy atom. The number of quaternary nitrogens is 1. The van der Waals surface area contributed by atoms with Gasteiger partial charge in [-0.2, -0.15) is 0 Å². The van der Waals surface area contributed by atoms with Gasteiger partial charge < -0.3 is 40.2 Å². The smallest absolute Gasteiger partial charge is 0.320 e. The summed E-state index contributed by atoms with van der Waals surface area (Å²) in [5, 5.41) is 25.7. The average molecular weight is 376 g/mol. The summed E-state index contributed by atoms with van der Waals surface area (Å²) in [6.07, 6.45) is -0.914. The van der Waals surface area contributed by atoms with Crippen molar-refractivity contribution in [1.29, 1.82) is 0 Å². The van der Waals surface area contributed by atoms with Gasteiger partial charge in [-0.05, 0) is 5.92 Å². The zero-order valence-corrected chi connectivity index (χ0v) is 15.4. The third-order valence-electron chi connectivity index (χ3n) is 2.17. The number of aliphatic hydroxyl groups excluding tert-OH is 1. The van der Waals surface area contributed by atoms with Crippen molar-refractivity contribution in [3.63, 3.8) is 0 Å². The molecule has 0 aliphatic heterocycles. The monoisotopic (exact) mass is 376 g/mol. The van der Waals surface area contributed by atoms with Gasteiger partial charge in [0.25, 0.3) is 7.82 Å². The lowest BCUT2D eigenvalue weighted by Crippen LogP contribution is -2.42. The summed E-state index contributed by atoms with van der Waals surface area (Å²) in [6, 6.07) is -0.713. The lowest BCUT2D eigenvalue weighted by atomic mass is 10.1. The molecule has 24 heavy (non-hydrogen) atoms. The van der Waals surface area contributed by atoms with Crippen LogP contribution in [0.1, 0.15) is 20.3 Å². The van der Waals surface area contributed by atoms with E-state index in [-0.39, 0.29) is 12.3 Å². The van der Waals surface area contributed by atoms with Crippen LogP contribution in [0.5, 0.6) is 0 Å². The van der Waals surface area contributed by atoms with Crippen molar-refractivity contribution < 1.29 is 48.6 Å². The van der Waals surface area contributed by atoms with Crippen LogP contribution < -0.4 is 10.6 Å². The lowest BCUT2D eigenvalue weighted by molar-refractivity contribution is -0.873. The molecular weight excluding hydrogens is 347 g/mol. The van der Waals surface area contributed by atoms with Gasteiger partial charge in [0.2, 0.25) is 0 Å². The first-order valence-corrected chi connectivity index (χ1v) is 8.35. The summed E-state index contributed by atoms with van der Waals surface area (Å²) in [5.74, 6) is -1.86.